The summed E-state index contributed by atoms with van der Waals surface area (Å²) in [6.45, 7) is 0.700. The van der Waals surface area contributed by atoms with Crippen molar-refractivity contribution in [1.82, 2.24) is 20.1 Å². The van der Waals surface area contributed by atoms with Gasteiger partial charge in [-0.3, -0.25) is 9.36 Å². The van der Waals surface area contributed by atoms with Gasteiger partial charge >= 0.3 is 0 Å². The van der Waals surface area contributed by atoms with Gasteiger partial charge in [-0.1, -0.05) is 71.9 Å². The fourth-order valence-corrected chi connectivity index (χ4v) is 4.40. The average Bonchev–Trinajstić information content (AvgIpc) is 3.23. The summed E-state index contributed by atoms with van der Waals surface area (Å²) in [6, 6.07) is 20.0. The monoisotopic (exact) mass is 418 g/mol. The van der Waals surface area contributed by atoms with E-state index in [1.807, 2.05) is 65.2 Å². The first-order valence-electron chi connectivity index (χ1n) is 10.4. The average molecular weight is 419 g/mol. The number of hydrogen-bond acceptors (Lipinski definition) is 4. The van der Waals surface area contributed by atoms with Gasteiger partial charge in [0.1, 0.15) is 0 Å². The maximum atomic E-state index is 12.4. The Balaban J connectivity index is 1.43. The Morgan fingerprint density at radius 3 is 2.50 bits per heavy atom. The van der Waals surface area contributed by atoms with Gasteiger partial charge in [-0.15, -0.1) is 10.2 Å². The Morgan fingerprint density at radius 1 is 1.00 bits per heavy atom. The second kappa shape index (κ2) is 10.3. The molecule has 1 amide bonds. The molecule has 6 heteroatoms. The van der Waals surface area contributed by atoms with Crippen LogP contribution in [0.3, 0.4) is 0 Å². The molecule has 0 aliphatic heterocycles. The lowest BCUT2D eigenvalue weighted by atomic mass is 9.97. The molecule has 1 heterocycles. The number of thioether (sulfide) groups is 1. The summed E-state index contributed by atoms with van der Waals surface area (Å²) in [7, 11) is 0. The van der Waals surface area contributed by atoms with Gasteiger partial charge in [-0.05, 0) is 44.2 Å². The molecular weight excluding hydrogens is 392 g/mol. The van der Waals surface area contributed by atoms with Crippen LogP contribution in [0.4, 0.5) is 0 Å². The smallest absolute Gasteiger partial charge is 0.230 e. The molecule has 0 spiro atoms. The second-order valence-electron chi connectivity index (χ2n) is 7.34. The molecule has 0 radical (unpaired) electrons. The molecule has 0 bridgehead atoms. The van der Waals surface area contributed by atoms with Crippen molar-refractivity contribution < 1.29 is 4.79 Å². The third-order valence-corrected chi connectivity index (χ3v) is 6.09. The summed E-state index contributed by atoms with van der Waals surface area (Å²) in [6.07, 6.45) is 8.20. The normalized spacial score (nSPS) is 13.7. The topological polar surface area (TPSA) is 59.8 Å². The van der Waals surface area contributed by atoms with Gasteiger partial charge in [0.2, 0.25) is 5.91 Å². The van der Waals surface area contributed by atoms with Crippen molar-refractivity contribution in [2.45, 2.75) is 37.3 Å². The van der Waals surface area contributed by atoms with Crippen LogP contribution >= 0.6 is 11.8 Å². The number of carbonyl (C=O) groups is 1. The number of nitrogens with zero attached hydrogens (tertiary/aromatic N) is 3. The lowest BCUT2D eigenvalue weighted by Crippen LogP contribution is -2.26. The minimum Gasteiger partial charge on any atom is -0.355 e. The Hall–Kier alpha value is -2.86. The van der Waals surface area contributed by atoms with E-state index in [0.29, 0.717) is 17.5 Å². The molecule has 30 heavy (non-hydrogen) atoms. The van der Waals surface area contributed by atoms with Crippen molar-refractivity contribution in [3.63, 3.8) is 0 Å². The molecule has 0 atom stereocenters. The number of rotatable bonds is 8. The van der Waals surface area contributed by atoms with Crippen LogP contribution in [0.5, 0.6) is 0 Å². The number of nitrogens with one attached hydrogen (secondary N) is 1. The Labute approximate surface area is 181 Å². The third kappa shape index (κ3) is 5.19. The number of benzene rings is 2. The molecule has 0 unspecified atom stereocenters. The van der Waals surface area contributed by atoms with Crippen LogP contribution < -0.4 is 5.32 Å². The van der Waals surface area contributed by atoms with Crippen molar-refractivity contribution in [1.29, 1.82) is 0 Å². The van der Waals surface area contributed by atoms with Gasteiger partial charge in [-0.25, -0.2) is 0 Å². The molecule has 4 rings (SSSR count). The number of carbonyl (C=O) groups excluding carboxylic acids is 1. The Bertz CT molecular complexity index is 999. The summed E-state index contributed by atoms with van der Waals surface area (Å²) in [5, 5.41) is 12.6. The minimum atomic E-state index is 0.0280. The maximum absolute atomic E-state index is 12.4. The van der Waals surface area contributed by atoms with E-state index in [9.17, 15) is 4.79 Å². The molecule has 1 aromatic heterocycles. The highest BCUT2D eigenvalue weighted by atomic mass is 32.2. The highest BCUT2D eigenvalue weighted by Crippen LogP contribution is 2.27. The standard InChI is InChI=1S/C24H26N4OS/c29-22(25-17-16-19-10-4-1-5-11-19)18-30-24-27-26-23(20-12-6-2-7-13-20)28(24)21-14-8-3-9-15-21/h2-3,6-10,12-15H,1,4-5,11,16-18H2,(H,25,29). The fraction of sp³-hybridized carbons (Fsp3) is 0.292. The number of aromatic nitrogens is 3. The molecule has 2 aromatic carbocycles. The van der Waals surface area contributed by atoms with Gasteiger partial charge in [0.15, 0.2) is 11.0 Å². The second-order valence-corrected chi connectivity index (χ2v) is 8.28. The number of para-hydroxylation sites is 1. The molecule has 0 saturated heterocycles. The van der Waals surface area contributed by atoms with Crippen molar-refractivity contribution in [2.75, 3.05) is 12.3 Å². The van der Waals surface area contributed by atoms with Crippen molar-refractivity contribution in [3.05, 3.63) is 72.3 Å². The van der Waals surface area contributed by atoms with Crippen LogP contribution in [0.25, 0.3) is 17.1 Å². The number of allylic oxidation sites excluding steroid dienone is 1. The van der Waals surface area contributed by atoms with E-state index in [0.717, 1.165) is 23.5 Å². The summed E-state index contributed by atoms with van der Waals surface area (Å²) in [5.74, 6) is 1.12. The van der Waals surface area contributed by atoms with Gasteiger partial charge in [0.05, 0.1) is 5.75 Å². The largest absolute Gasteiger partial charge is 0.355 e. The van der Waals surface area contributed by atoms with Crippen molar-refractivity contribution in [2.24, 2.45) is 0 Å². The van der Waals surface area contributed by atoms with Gasteiger partial charge < -0.3 is 5.32 Å². The van der Waals surface area contributed by atoms with Crippen LogP contribution in [-0.4, -0.2) is 33.0 Å². The van der Waals surface area contributed by atoms with E-state index >= 15 is 0 Å². The number of amides is 1. The lowest BCUT2D eigenvalue weighted by Gasteiger charge is -2.13. The van der Waals surface area contributed by atoms with Crippen LogP contribution in [-0.2, 0) is 4.79 Å². The van der Waals surface area contributed by atoms with E-state index in [-0.39, 0.29) is 5.91 Å². The zero-order chi connectivity index (χ0) is 20.6. The van der Waals surface area contributed by atoms with Gasteiger partial charge in [0.25, 0.3) is 0 Å². The number of hydrogen-bond donors (Lipinski definition) is 1. The molecule has 0 fully saturated rings. The molecule has 154 valence electrons. The zero-order valence-corrected chi connectivity index (χ0v) is 17.8. The van der Waals surface area contributed by atoms with Crippen LogP contribution in [0.2, 0.25) is 0 Å². The van der Waals surface area contributed by atoms with Crippen LogP contribution in [0.15, 0.2) is 77.5 Å². The third-order valence-electron chi connectivity index (χ3n) is 5.17. The van der Waals surface area contributed by atoms with E-state index in [2.05, 4.69) is 21.6 Å². The molecule has 1 aliphatic rings. The molecule has 5 nitrogen and oxygen atoms in total. The molecule has 0 saturated carbocycles. The zero-order valence-electron chi connectivity index (χ0n) is 17.0. The maximum Gasteiger partial charge on any atom is 0.230 e. The summed E-state index contributed by atoms with van der Waals surface area (Å²) < 4.78 is 2.01. The SMILES string of the molecule is O=C(CSc1nnc(-c2ccccc2)n1-c1ccccc1)NCCC1=CCCCC1. The summed E-state index contributed by atoms with van der Waals surface area (Å²) >= 11 is 1.41. The molecule has 1 aliphatic carbocycles. The van der Waals surface area contributed by atoms with Gasteiger partial charge in [-0.2, -0.15) is 0 Å². The minimum absolute atomic E-state index is 0.0280. The first-order chi connectivity index (χ1) is 14.8. The molecule has 1 N–H and O–H groups in total. The fourth-order valence-electron chi connectivity index (χ4n) is 3.62. The lowest BCUT2D eigenvalue weighted by molar-refractivity contribution is -0.118. The van der Waals surface area contributed by atoms with Crippen LogP contribution in [0, 0.1) is 0 Å². The molecule has 3 aromatic rings. The highest BCUT2D eigenvalue weighted by Gasteiger charge is 2.17. The Morgan fingerprint density at radius 2 is 1.77 bits per heavy atom. The summed E-state index contributed by atoms with van der Waals surface area (Å²) in [4.78, 5) is 12.4. The van der Waals surface area contributed by atoms with E-state index in [1.54, 1.807) is 0 Å². The Kier molecular flexibility index (Phi) is 6.98. The van der Waals surface area contributed by atoms with Gasteiger partial charge in [0, 0.05) is 17.8 Å². The first-order valence-corrected chi connectivity index (χ1v) is 11.4. The quantitative estimate of drug-likeness (QED) is 0.412. The van der Waals surface area contributed by atoms with E-state index in [4.69, 9.17) is 0 Å². The van der Waals surface area contributed by atoms with E-state index < -0.39 is 0 Å². The van der Waals surface area contributed by atoms with Crippen molar-refractivity contribution >= 4 is 17.7 Å². The predicted octanol–water partition coefficient (Wildman–Crippen LogP) is 5.03. The first kappa shape index (κ1) is 20.4. The van der Waals surface area contributed by atoms with Crippen LogP contribution in [0.1, 0.15) is 32.1 Å². The van der Waals surface area contributed by atoms with E-state index in [1.165, 1.54) is 43.0 Å². The summed E-state index contributed by atoms with van der Waals surface area (Å²) in [5.41, 5.74) is 3.45. The molecular formula is C24H26N4OS. The predicted molar refractivity (Wildman–Crippen MR) is 122 cm³/mol. The van der Waals surface area contributed by atoms with Crippen molar-refractivity contribution in [3.8, 4) is 17.1 Å². The highest BCUT2D eigenvalue weighted by molar-refractivity contribution is 7.99.